The summed E-state index contributed by atoms with van der Waals surface area (Å²) in [5, 5.41) is 13.4. The highest BCUT2D eigenvalue weighted by Crippen LogP contribution is 2.45. The highest BCUT2D eigenvalue weighted by molar-refractivity contribution is 5.78. The summed E-state index contributed by atoms with van der Waals surface area (Å²) in [4.78, 5) is 29.7. The zero-order chi connectivity index (χ0) is 24.0. The molecule has 1 atom stereocenters. The summed E-state index contributed by atoms with van der Waals surface area (Å²) in [6, 6.07) is 8.25. The molecule has 9 heteroatoms. The van der Waals surface area contributed by atoms with Gasteiger partial charge >= 0.3 is 5.63 Å². The largest absolute Gasteiger partial charge is 0.507 e. The van der Waals surface area contributed by atoms with Gasteiger partial charge in [-0.25, -0.2) is 4.79 Å². The number of hydrogen-bond acceptors (Lipinski definition) is 8. The number of ether oxygens (including phenoxy) is 3. The summed E-state index contributed by atoms with van der Waals surface area (Å²) >= 11 is 0. The Morgan fingerprint density at radius 2 is 1.91 bits per heavy atom. The van der Waals surface area contributed by atoms with Gasteiger partial charge in [0.15, 0.2) is 11.5 Å². The van der Waals surface area contributed by atoms with Gasteiger partial charge in [0.05, 0.1) is 26.9 Å². The van der Waals surface area contributed by atoms with Crippen LogP contribution in [-0.2, 0) is 11.3 Å². The molecule has 0 bridgehead atoms. The summed E-state index contributed by atoms with van der Waals surface area (Å²) < 4.78 is 21.6. The molecule has 0 aliphatic carbocycles. The van der Waals surface area contributed by atoms with Crippen molar-refractivity contribution in [3.63, 3.8) is 0 Å². The number of nitrogens with zero attached hydrogens (tertiary/aromatic N) is 1. The van der Waals surface area contributed by atoms with Crippen LogP contribution in [0.25, 0.3) is 0 Å². The van der Waals surface area contributed by atoms with Gasteiger partial charge in [0, 0.05) is 42.9 Å². The Morgan fingerprint density at radius 1 is 1.15 bits per heavy atom. The molecule has 0 aliphatic rings. The van der Waals surface area contributed by atoms with Gasteiger partial charge in [-0.05, 0) is 24.6 Å². The van der Waals surface area contributed by atoms with E-state index in [0.29, 0.717) is 17.1 Å². The Kier molecular flexibility index (Phi) is 7.55. The first-order valence-electron chi connectivity index (χ1n) is 10.2. The molecule has 3 aromatic rings. The zero-order valence-corrected chi connectivity index (χ0v) is 18.9. The molecule has 2 heterocycles. The number of methoxy groups -OCH3 is 3. The predicted octanol–water partition coefficient (Wildman–Crippen LogP) is 2.91. The molecule has 9 nitrogen and oxygen atoms in total. The Hall–Kier alpha value is -4.01. The molecular weight excluding hydrogens is 428 g/mol. The zero-order valence-electron chi connectivity index (χ0n) is 18.9. The second-order valence-electron chi connectivity index (χ2n) is 7.26. The molecule has 0 unspecified atom stereocenters. The van der Waals surface area contributed by atoms with E-state index < -0.39 is 11.5 Å². The van der Waals surface area contributed by atoms with Crippen LogP contribution in [0.3, 0.4) is 0 Å². The Bertz CT molecular complexity index is 1180. The van der Waals surface area contributed by atoms with E-state index >= 15 is 0 Å². The monoisotopic (exact) mass is 454 g/mol. The lowest BCUT2D eigenvalue weighted by molar-refractivity contribution is -0.121. The van der Waals surface area contributed by atoms with Gasteiger partial charge in [-0.15, -0.1) is 0 Å². The van der Waals surface area contributed by atoms with E-state index in [1.54, 1.807) is 37.5 Å². The average molecular weight is 454 g/mol. The topological polar surface area (TPSA) is 120 Å². The second-order valence-corrected chi connectivity index (χ2v) is 7.26. The van der Waals surface area contributed by atoms with Gasteiger partial charge in [-0.3, -0.25) is 9.78 Å². The van der Waals surface area contributed by atoms with Gasteiger partial charge in [0.2, 0.25) is 11.7 Å². The first kappa shape index (κ1) is 23.6. The van der Waals surface area contributed by atoms with Crippen LogP contribution in [0, 0.1) is 6.92 Å². The number of carbonyl (C=O) groups excluding carboxylic acids is 1. The molecule has 3 rings (SSSR count). The molecule has 174 valence electrons. The minimum Gasteiger partial charge on any atom is -0.507 e. The van der Waals surface area contributed by atoms with E-state index in [9.17, 15) is 14.7 Å². The SMILES string of the molecule is COc1ccc([C@@H](CC(=O)NCc2cccnc2)c2c(O)cc(C)oc2=O)c(OC)c1OC. The third-order valence-electron chi connectivity index (χ3n) is 5.15. The number of hydrogen-bond donors (Lipinski definition) is 2. The van der Waals surface area contributed by atoms with Gasteiger partial charge in [0.1, 0.15) is 11.5 Å². The third-order valence-corrected chi connectivity index (χ3v) is 5.15. The van der Waals surface area contributed by atoms with Crippen LogP contribution in [0.2, 0.25) is 0 Å². The number of aromatic hydroxyl groups is 1. The number of carbonyl (C=O) groups is 1. The van der Waals surface area contributed by atoms with Crippen LogP contribution in [0.15, 0.2) is 51.9 Å². The average Bonchev–Trinajstić information content (AvgIpc) is 2.81. The van der Waals surface area contributed by atoms with Crippen molar-refractivity contribution >= 4 is 5.91 Å². The number of nitrogens with one attached hydrogen (secondary N) is 1. The van der Waals surface area contributed by atoms with Gasteiger partial charge < -0.3 is 29.1 Å². The molecule has 1 amide bonds. The molecule has 0 fully saturated rings. The summed E-state index contributed by atoms with van der Waals surface area (Å²) in [5.41, 5.74) is 0.485. The smallest absolute Gasteiger partial charge is 0.343 e. The van der Waals surface area contributed by atoms with Crippen molar-refractivity contribution in [3.05, 3.63) is 75.6 Å². The maximum Gasteiger partial charge on any atom is 0.343 e. The van der Waals surface area contributed by atoms with Crippen molar-refractivity contribution in [3.8, 4) is 23.0 Å². The standard InChI is InChI=1S/C24H26N2O7/c1-14-10-18(27)21(24(29)33-14)17(11-20(28)26-13-15-6-5-9-25-12-15)16-7-8-19(30-2)23(32-4)22(16)31-3/h5-10,12,17,27H,11,13H2,1-4H3,(H,26,28)/t17-/m1/s1. The van der Waals surface area contributed by atoms with Crippen molar-refractivity contribution < 1.29 is 28.5 Å². The number of aromatic nitrogens is 1. The lowest BCUT2D eigenvalue weighted by Crippen LogP contribution is -2.27. The summed E-state index contributed by atoms with van der Waals surface area (Å²) in [5.74, 6) is -0.259. The van der Waals surface area contributed by atoms with E-state index in [1.807, 2.05) is 6.07 Å². The van der Waals surface area contributed by atoms with E-state index in [4.69, 9.17) is 18.6 Å². The third kappa shape index (κ3) is 5.25. The molecule has 1 aromatic carbocycles. The maximum atomic E-state index is 12.9. The number of pyridine rings is 1. The molecule has 33 heavy (non-hydrogen) atoms. The fourth-order valence-corrected chi connectivity index (χ4v) is 3.65. The molecule has 0 aliphatic heterocycles. The van der Waals surface area contributed by atoms with Gasteiger partial charge in [-0.2, -0.15) is 0 Å². The number of rotatable bonds is 9. The maximum absolute atomic E-state index is 12.9. The van der Waals surface area contributed by atoms with Crippen molar-refractivity contribution in [2.75, 3.05) is 21.3 Å². The van der Waals surface area contributed by atoms with Crippen LogP contribution in [0.1, 0.15) is 34.8 Å². The van der Waals surface area contributed by atoms with Crippen molar-refractivity contribution in [1.82, 2.24) is 10.3 Å². The molecule has 0 radical (unpaired) electrons. The predicted molar refractivity (Wildman–Crippen MR) is 120 cm³/mol. The van der Waals surface area contributed by atoms with Crippen LogP contribution in [-0.4, -0.2) is 37.3 Å². The van der Waals surface area contributed by atoms with E-state index in [0.717, 1.165) is 5.56 Å². The lowest BCUT2D eigenvalue weighted by atomic mass is 9.87. The summed E-state index contributed by atoms with van der Waals surface area (Å²) in [6.45, 7) is 1.81. The first-order valence-corrected chi connectivity index (χ1v) is 10.2. The van der Waals surface area contributed by atoms with Crippen LogP contribution >= 0.6 is 0 Å². The van der Waals surface area contributed by atoms with E-state index in [2.05, 4.69) is 10.3 Å². The fraction of sp³-hybridized carbons (Fsp3) is 0.292. The first-order chi connectivity index (χ1) is 15.9. The Balaban J connectivity index is 2.05. The highest BCUT2D eigenvalue weighted by Gasteiger charge is 2.30. The molecule has 2 N–H and O–H groups in total. The fourth-order valence-electron chi connectivity index (χ4n) is 3.65. The van der Waals surface area contributed by atoms with Crippen LogP contribution in [0.4, 0.5) is 0 Å². The molecule has 2 aromatic heterocycles. The second kappa shape index (κ2) is 10.5. The van der Waals surface area contributed by atoms with E-state index in [1.165, 1.54) is 27.4 Å². The molecule has 0 saturated heterocycles. The molecule has 0 saturated carbocycles. The summed E-state index contributed by atoms with van der Waals surface area (Å²) in [7, 11) is 4.38. The molecule has 0 spiro atoms. The van der Waals surface area contributed by atoms with Crippen LogP contribution in [0.5, 0.6) is 23.0 Å². The number of benzene rings is 1. The van der Waals surface area contributed by atoms with Crippen molar-refractivity contribution in [2.24, 2.45) is 0 Å². The minimum atomic E-state index is -0.884. The van der Waals surface area contributed by atoms with Crippen molar-refractivity contribution in [1.29, 1.82) is 0 Å². The summed E-state index contributed by atoms with van der Waals surface area (Å²) in [6.07, 6.45) is 3.13. The minimum absolute atomic E-state index is 0.0531. The van der Waals surface area contributed by atoms with Crippen LogP contribution < -0.4 is 25.2 Å². The number of amides is 1. The highest BCUT2D eigenvalue weighted by atomic mass is 16.5. The van der Waals surface area contributed by atoms with E-state index in [-0.39, 0.29) is 41.7 Å². The number of aryl methyl sites for hydroxylation is 1. The Labute approximate surface area is 190 Å². The quantitative estimate of drug-likeness (QED) is 0.506. The van der Waals surface area contributed by atoms with Crippen molar-refractivity contribution in [2.45, 2.75) is 25.8 Å². The lowest BCUT2D eigenvalue weighted by Gasteiger charge is -2.22. The van der Waals surface area contributed by atoms with Gasteiger partial charge in [0.25, 0.3) is 0 Å². The normalized spacial score (nSPS) is 11.5. The Morgan fingerprint density at radius 3 is 2.52 bits per heavy atom. The van der Waals surface area contributed by atoms with Gasteiger partial charge in [-0.1, -0.05) is 12.1 Å². The molecular formula is C24H26N2O7.